The van der Waals surface area contributed by atoms with Gasteiger partial charge >= 0.3 is 0 Å². The Kier molecular flexibility index (Phi) is 1.98. The molecule has 1 aliphatic rings. The molecule has 0 radical (unpaired) electrons. The van der Waals surface area contributed by atoms with E-state index in [2.05, 4.69) is 24.1 Å². The van der Waals surface area contributed by atoms with Gasteiger partial charge in [0.2, 0.25) is 0 Å². The molecule has 13 heavy (non-hydrogen) atoms. The Labute approximate surface area is 79.4 Å². The molecule has 1 saturated carbocycles. The van der Waals surface area contributed by atoms with Crippen molar-refractivity contribution >= 4 is 5.69 Å². The van der Waals surface area contributed by atoms with Crippen molar-refractivity contribution in [2.75, 3.05) is 5.32 Å². The van der Waals surface area contributed by atoms with Crippen molar-refractivity contribution in [3.05, 3.63) is 24.5 Å². The molecule has 0 aromatic carbocycles. The number of hydrogen-bond donors (Lipinski definition) is 1. The van der Waals surface area contributed by atoms with Crippen molar-refractivity contribution in [3.8, 4) is 0 Å². The van der Waals surface area contributed by atoms with Gasteiger partial charge in [0.15, 0.2) is 0 Å². The highest BCUT2D eigenvalue weighted by Crippen LogP contribution is 2.49. The van der Waals surface area contributed by atoms with E-state index in [1.54, 1.807) is 0 Å². The zero-order valence-corrected chi connectivity index (χ0v) is 8.25. The van der Waals surface area contributed by atoms with E-state index in [9.17, 15) is 0 Å². The molecule has 0 saturated heterocycles. The summed E-state index contributed by atoms with van der Waals surface area (Å²) in [6.45, 7) is 4.60. The molecular weight excluding hydrogens is 160 g/mol. The van der Waals surface area contributed by atoms with Crippen LogP contribution in [0.15, 0.2) is 24.5 Å². The zero-order chi connectivity index (χ0) is 9.31. The second-order valence-electron chi connectivity index (χ2n) is 4.14. The first-order valence-corrected chi connectivity index (χ1v) is 4.91. The SMILES string of the molecule is CCC1(C)CC1Nc1ccncc1. The number of anilines is 1. The summed E-state index contributed by atoms with van der Waals surface area (Å²) < 4.78 is 0. The van der Waals surface area contributed by atoms with Crippen molar-refractivity contribution in [3.63, 3.8) is 0 Å². The molecule has 0 aliphatic heterocycles. The Bertz CT molecular complexity index is 283. The summed E-state index contributed by atoms with van der Waals surface area (Å²) in [6, 6.07) is 4.71. The molecule has 70 valence electrons. The maximum atomic E-state index is 3.99. The molecule has 1 aromatic heterocycles. The van der Waals surface area contributed by atoms with Gasteiger partial charge in [0.25, 0.3) is 0 Å². The van der Waals surface area contributed by atoms with Crippen LogP contribution in [0, 0.1) is 5.41 Å². The van der Waals surface area contributed by atoms with Gasteiger partial charge in [0.1, 0.15) is 0 Å². The third kappa shape index (κ3) is 1.67. The van der Waals surface area contributed by atoms with Gasteiger partial charge < -0.3 is 5.32 Å². The lowest BCUT2D eigenvalue weighted by Crippen LogP contribution is -2.10. The van der Waals surface area contributed by atoms with E-state index in [1.807, 2.05) is 24.5 Å². The van der Waals surface area contributed by atoms with E-state index in [4.69, 9.17) is 0 Å². The number of nitrogens with zero attached hydrogens (tertiary/aromatic N) is 1. The normalized spacial score (nSPS) is 31.4. The fourth-order valence-electron chi connectivity index (χ4n) is 1.67. The molecule has 1 N–H and O–H groups in total. The number of rotatable bonds is 3. The number of aromatic nitrogens is 1. The van der Waals surface area contributed by atoms with Gasteiger partial charge in [-0.25, -0.2) is 0 Å². The van der Waals surface area contributed by atoms with Crippen molar-refractivity contribution in [2.45, 2.75) is 32.7 Å². The summed E-state index contributed by atoms with van der Waals surface area (Å²) in [5.41, 5.74) is 1.72. The molecule has 1 heterocycles. The van der Waals surface area contributed by atoms with Crippen LogP contribution >= 0.6 is 0 Å². The molecule has 2 atom stereocenters. The largest absolute Gasteiger partial charge is 0.382 e. The maximum Gasteiger partial charge on any atom is 0.0373 e. The Morgan fingerprint density at radius 3 is 2.77 bits per heavy atom. The summed E-state index contributed by atoms with van der Waals surface area (Å²) in [5, 5.41) is 3.52. The van der Waals surface area contributed by atoms with E-state index in [0.29, 0.717) is 11.5 Å². The first-order valence-electron chi connectivity index (χ1n) is 4.91. The predicted octanol–water partition coefficient (Wildman–Crippen LogP) is 2.68. The molecule has 0 amide bonds. The Hall–Kier alpha value is -1.05. The van der Waals surface area contributed by atoms with Gasteiger partial charge in [0, 0.05) is 24.1 Å². The molecule has 2 heteroatoms. The maximum absolute atomic E-state index is 3.99. The summed E-state index contributed by atoms with van der Waals surface area (Å²) in [7, 11) is 0. The fraction of sp³-hybridized carbons (Fsp3) is 0.545. The van der Waals surface area contributed by atoms with Gasteiger partial charge in [-0.2, -0.15) is 0 Å². The smallest absolute Gasteiger partial charge is 0.0373 e. The lowest BCUT2D eigenvalue weighted by Gasteiger charge is -2.09. The summed E-state index contributed by atoms with van der Waals surface area (Å²) in [4.78, 5) is 3.99. The summed E-state index contributed by atoms with van der Waals surface area (Å²) in [6.07, 6.45) is 6.21. The molecular formula is C11H16N2. The average Bonchev–Trinajstić information content (AvgIpc) is 2.80. The third-order valence-corrected chi connectivity index (χ3v) is 3.18. The van der Waals surface area contributed by atoms with Crippen LogP contribution in [0.3, 0.4) is 0 Å². The van der Waals surface area contributed by atoms with Crippen LogP contribution in [0.4, 0.5) is 5.69 Å². The first kappa shape index (κ1) is 8.54. The van der Waals surface area contributed by atoms with Gasteiger partial charge in [-0.3, -0.25) is 4.98 Å². The van der Waals surface area contributed by atoms with Crippen molar-refractivity contribution in [2.24, 2.45) is 5.41 Å². The second-order valence-corrected chi connectivity index (χ2v) is 4.14. The molecule has 0 bridgehead atoms. The number of hydrogen-bond acceptors (Lipinski definition) is 2. The molecule has 1 fully saturated rings. The third-order valence-electron chi connectivity index (χ3n) is 3.18. The highest BCUT2D eigenvalue weighted by atomic mass is 15.0. The molecule has 2 unspecified atom stereocenters. The Morgan fingerprint density at radius 1 is 1.54 bits per heavy atom. The minimum Gasteiger partial charge on any atom is -0.382 e. The first-order chi connectivity index (χ1) is 6.24. The molecule has 2 rings (SSSR count). The van der Waals surface area contributed by atoms with Crippen LogP contribution < -0.4 is 5.32 Å². The van der Waals surface area contributed by atoms with E-state index in [1.165, 1.54) is 18.5 Å². The Balaban J connectivity index is 1.95. The van der Waals surface area contributed by atoms with Crippen LogP contribution in [0.25, 0.3) is 0 Å². The van der Waals surface area contributed by atoms with Gasteiger partial charge in [-0.15, -0.1) is 0 Å². The summed E-state index contributed by atoms with van der Waals surface area (Å²) in [5.74, 6) is 0. The van der Waals surface area contributed by atoms with Crippen molar-refractivity contribution in [1.29, 1.82) is 0 Å². The van der Waals surface area contributed by atoms with Gasteiger partial charge in [0.05, 0.1) is 0 Å². The molecule has 2 nitrogen and oxygen atoms in total. The van der Waals surface area contributed by atoms with E-state index >= 15 is 0 Å². The molecule has 1 aromatic rings. The van der Waals surface area contributed by atoms with Crippen molar-refractivity contribution < 1.29 is 0 Å². The minimum absolute atomic E-state index is 0.531. The standard InChI is InChI=1S/C11H16N2/c1-3-11(2)8-10(11)13-9-4-6-12-7-5-9/h4-7,10H,3,8H2,1-2H3,(H,12,13). The minimum atomic E-state index is 0.531. The van der Waals surface area contributed by atoms with Crippen LogP contribution in [-0.2, 0) is 0 Å². The highest BCUT2D eigenvalue weighted by molar-refractivity contribution is 5.44. The second kappa shape index (κ2) is 3.02. The van der Waals surface area contributed by atoms with Crippen LogP contribution in [-0.4, -0.2) is 11.0 Å². The van der Waals surface area contributed by atoms with E-state index in [0.717, 1.165) is 0 Å². The van der Waals surface area contributed by atoms with Crippen LogP contribution in [0.5, 0.6) is 0 Å². The monoisotopic (exact) mass is 176 g/mol. The number of nitrogens with one attached hydrogen (secondary N) is 1. The highest BCUT2D eigenvalue weighted by Gasteiger charge is 2.48. The van der Waals surface area contributed by atoms with Crippen molar-refractivity contribution in [1.82, 2.24) is 4.98 Å². The van der Waals surface area contributed by atoms with Gasteiger partial charge in [-0.05, 0) is 30.4 Å². The average molecular weight is 176 g/mol. The lowest BCUT2D eigenvalue weighted by molar-refractivity contribution is 0.535. The Morgan fingerprint density at radius 2 is 2.23 bits per heavy atom. The number of pyridine rings is 1. The predicted molar refractivity (Wildman–Crippen MR) is 54.7 cm³/mol. The van der Waals surface area contributed by atoms with Crippen LogP contribution in [0.2, 0.25) is 0 Å². The lowest BCUT2D eigenvalue weighted by atomic mass is 10.1. The topological polar surface area (TPSA) is 24.9 Å². The van der Waals surface area contributed by atoms with Gasteiger partial charge in [-0.1, -0.05) is 13.8 Å². The van der Waals surface area contributed by atoms with E-state index in [-0.39, 0.29) is 0 Å². The summed E-state index contributed by atoms with van der Waals surface area (Å²) >= 11 is 0. The van der Waals surface area contributed by atoms with E-state index < -0.39 is 0 Å². The molecule has 1 aliphatic carbocycles. The quantitative estimate of drug-likeness (QED) is 0.766. The van der Waals surface area contributed by atoms with Crippen LogP contribution in [0.1, 0.15) is 26.7 Å². The fourth-order valence-corrected chi connectivity index (χ4v) is 1.67. The zero-order valence-electron chi connectivity index (χ0n) is 8.25. The molecule has 0 spiro atoms.